The zero-order valence-corrected chi connectivity index (χ0v) is 14.0. The molecular formula is C18H12F3NO3S. The fourth-order valence-corrected chi connectivity index (χ4v) is 2.87. The molecule has 0 radical (unpaired) electrons. The van der Waals surface area contributed by atoms with Crippen LogP contribution in [0.3, 0.4) is 0 Å². The second-order valence-electron chi connectivity index (χ2n) is 5.24. The van der Waals surface area contributed by atoms with Gasteiger partial charge in [-0.3, -0.25) is 4.98 Å². The van der Waals surface area contributed by atoms with Crippen molar-refractivity contribution >= 4 is 10.1 Å². The number of hydrogen-bond acceptors (Lipinski definition) is 4. The Morgan fingerprint density at radius 2 is 1.54 bits per heavy atom. The molecule has 0 aliphatic rings. The van der Waals surface area contributed by atoms with E-state index in [1.165, 1.54) is 18.3 Å². The molecule has 0 atom stereocenters. The first kappa shape index (κ1) is 17.9. The normalized spacial score (nSPS) is 12.0. The van der Waals surface area contributed by atoms with E-state index < -0.39 is 21.4 Å². The van der Waals surface area contributed by atoms with Crippen LogP contribution in [-0.2, 0) is 10.1 Å². The third-order valence-corrected chi connectivity index (χ3v) is 4.48. The van der Waals surface area contributed by atoms with Crippen LogP contribution in [0.15, 0.2) is 72.9 Å². The van der Waals surface area contributed by atoms with Gasteiger partial charge in [0.15, 0.2) is 5.75 Å². The fraction of sp³-hybridized carbons (Fsp3) is 0.0556. The van der Waals surface area contributed by atoms with Crippen molar-refractivity contribution in [1.29, 1.82) is 0 Å². The molecule has 0 spiro atoms. The summed E-state index contributed by atoms with van der Waals surface area (Å²) < 4.78 is 65.6. The number of rotatable bonds is 4. The van der Waals surface area contributed by atoms with Crippen LogP contribution < -0.4 is 4.18 Å². The number of hydrogen-bond donors (Lipinski definition) is 0. The van der Waals surface area contributed by atoms with E-state index in [2.05, 4.69) is 9.17 Å². The van der Waals surface area contributed by atoms with Crippen molar-refractivity contribution in [1.82, 2.24) is 4.98 Å². The summed E-state index contributed by atoms with van der Waals surface area (Å²) in [5.74, 6) is -0.442. The summed E-state index contributed by atoms with van der Waals surface area (Å²) in [6, 6.07) is 17.9. The fourth-order valence-electron chi connectivity index (χ4n) is 2.40. The van der Waals surface area contributed by atoms with Gasteiger partial charge >= 0.3 is 15.6 Å². The molecule has 26 heavy (non-hydrogen) atoms. The molecule has 0 N–H and O–H groups in total. The van der Waals surface area contributed by atoms with Gasteiger partial charge in [-0.05, 0) is 29.3 Å². The van der Waals surface area contributed by atoms with E-state index in [1.807, 2.05) is 0 Å². The molecule has 3 rings (SSSR count). The second-order valence-corrected chi connectivity index (χ2v) is 6.78. The smallest absolute Gasteiger partial charge is 0.375 e. The van der Waals surface area contributed by atoms with Gasteiger partial charge in [0.05, 0.1) is 11.3 Å². The molecule has 0 aliphatic heterocycles. The second kappa shape index (κ2) is 6.80. The van der Waals surface area contributed by atoms with Crippen molar-refractivity contribution in [3.63, 3.8) is 0 Å². The van der Waals surface area contributed by atoms with Gasteiger partial charge < -0.3 is 4.18 Å². The molecule has 2 aromatic carbocycles. The van der Waals surface area contributed by atoms with Crippen LogP contribution in [0, 0.1) is 0 Å². The molecule has 0 bridgehead atoms. The van der Waals surface area contributed by atoms with E-state index in [1.54, 1.807) is 54.6 Å². The number of aromatic nitrogens is 1. The van der Waals surface area contributed by atoms with Crippen molar-refractivity contribution < 1.29 is 25.8 Å². The van der Waals surface area contributed by atoms with Crippen LogP contribution in [-0.4, -0.2) is 18.9 Å². The number of alkyl halides is 3. The first-order valence-electron chi connectivity index (χ1n) is 7.40. The van der Waals surface area contributed by atoms with Gasteiger partial charge in [0.2, 0.25) is 0 Å². The molecule has 134 valence electrons. The Kier molecular flexibility index (Phi) is 4.69. The molecule has 0 unspecified atom stereocenters. The summed E-state index contributed by atoms with van der Waals surface area (Å²) in [5, 5.41) is 0. The minimum atomic E-state index is -5.81. The molecule has 3 aromatic rings. The molecule has 0 amide bonds. The quantitative estimate of drug-likeness (QED) is 0.489. The molecule has 1 aromatic heterocycles. The van der Waals surface area contributed by atoms with E-state index >= 15 is 0 Å². The first-order valence-corrected chi connectivity index (χ1v) is 8.81. The number of nitrogens with zero attached hydrogens (tertiary/aromatic N) is 1. The van der Waals surface area contributed by atoms with Crippen LogP contribution in [0.1, 0.15) is 0 Å². The van der Waals surface area contributed by atoms with Crippen molar-refractivity contribution in [2.24, 2.45) is 0 Å². The molecule has 0 aliphatic carbocycles. The largest absolute Gasteiger partial charge is 0.534 e. The summed E-state index contributed by atoms with van der Waals surface area (Å²) in [6.45, 7) is 0. The van der Waals surface area contributed by atoms with E-state index in [-0.39, 0.29) is 5.56 Å². The third-order valence-electron chi connectivity index (χ3n) is 3.52. The lowest BCUT2D eigenvalue weighted by molar-refractivity contribution is -0.0499. The maximum Gasteiger partial charge on any atom is 0.534 e. The molecule has 8 heteroatoms. The highest BCUT2D eigenvalue weighted by molar-refractivity contribution is 7.88. The summed E-state index contributed by atoms with van der Waals surface area (Å²) in [4.78, 5) is 4.13. The van der Waals surface area contributed by atoms with Gasteiger partial charge in [-0.15, -0.1) is 0 Å². The highest BCUT2D eigenvalue weighted by atomic mass is 32.2. The van der Waals surface area contributed by atoms with Crippen LogP contribution in [0.5, 0.6) is 5.75 Å². The van der Waals surface area contributed by atoms with Crippen LogP contribution in [0.2, 0.25) is 0 Å². The standard InChI is InChI=1S/C18H12F3NO3S/c19-18(20,21)26(23,24)25-16-11-6-9-14(13-7-2-1-3-8-13)17(16)15-10-4-5-12-22-15/h1-12H. The van der Waals surface area contributed by atoms with Gasteiger partial charge in [-0.25, -0.2) is 0 Å². The highest BCUT2D eigenvalue weighted by Gasteiger charge is 2.49. The Morgan fingerprint density at radius 1 is 0.846 bits per heavy atom. The molecule has 0 fully saturated rings. The lowest BCUT2D eigenvalue weighted by atomic mass is 9.96. The topological polar surface area (TPSA) is 56.3 Å². The summed E-state index contributed by atoms with van der Waals surface area (Å²) in [7, 11) is -5.81. The third kappa shape index (κ3) is 3.55. The summed E-state index contributed by atoms with van der Waals surface area (Å²) >= 11 is 0. The Hall–Kier alpha value is -2.87. The number of pyridine rings is 1. The molecule has 0 saturated heterocycles. The first-order chi connectivity index (χ1) is 12.3. The van der Waals surface area contributed by atoms with Crippen molar-refractivity contribution in [2.45, 2.75) is 5.51 Å². The lowest BCUT2D eigenvalue weighted by Gasteiger charge is -2.16. The van der Waals surface area contributed by atoms with Crippen LogP contribution in [0.4, 0.5) is 13.2 Å². The SMILES string of the molecule is O=S(=O)(Oc1cccc(-c2ccccc2)c1-c1ccccn1)C(F)(F)F. The molecular weight excluding hydrogens is 367 g/mol. The molecule has 0 saturated carbocycles. The molecule has 4 nitrogen and oxygen atoms in total. The average molecular weight is 379 g/mol. The summed E-state index contributed by atoms with van der Waals surface area (Å²) in [6.07, 6.45) is 1.46. The van der Waals surface area contributed by atoms with Crippen molar-refractivity contribution in [3.05, 3.63) is 72.9 Å². The monoisotopic (exact) mass is 379 g/mol. The Bertz CT molecular complexity index is 1000. The van der Waals surface area contributed by atoms with Crippen LogP contribution >= 0.6 is 0 Å². The van der Waals surface area contributed by atoms with Gasteiger partial charge in [0, 0.05) is 6.20 Å². The Labute approximate surface area is 148 Å². The van der Waals surface area contributed by atoms with E-state index in [0.29, 0.717) is 16.8 Å². The predicted octanol–water partition coefficient (Wildman–Crippen LogP) is 4.64. The minimum absolute atomic E-state index is 0.159. The Morgan fingerprint density at radius 3 is 2.15 bits per heavy atom. The van der Waals surface area contributed by atoms with Gasteiger partial charge in [-0.2, -0.15) is 21.6 Å². The predicted molar refractivity (Wildman–Crippen MR) is 90.7 cm³/mol. The van der Waals surface area contributed by atoms with E-state index in [9.17, 15) is 21.6 Å². The van der Waals surface area contributed by atoms with Crippen molar-refractivity contribution in [2.75, 3.05) is 0 Å². The number of halogens is 3. The number of benzene rings is 2. The van der Waals surface area contributed by atoms with Gasteiger partial charge in [0.25, 0.3) is 0 Å². The van der Waals surface area contributed by atoms with Crippen molar-refractivity contribution in [3.8, 4) is 28.1 Å². The highest BCUT2D eigenvalue weighted by Crippen LogP contribution is 2.40. The lowest BCUT2D eigenvalue weighted by Crippen LogP contribution is -2.28. The van der Waals surface area contributed by atoms with Crippen LogP contribution in [0.25, 0.3) is 22.4 Å². The summed E-state index contributed by atoms with van der Waals surface area (Å²) in [5.41, 5.74) is -3.90. The average Bonchev–Trinajstić information content (AvgIpc) is 2.62. The molecule has 1 heterocycles. The maximum absolute atomic E-state index is 12.7. The van der Waals surface area contributed by atoms with Gasteiger partial charge in [-0.1, -0.05) is 48.5 Å². The van der Waals surface area contributed by atoms with E-state index in [4.69, 9.17) is 0 Å². The van der Waals surface area contributed by atoms with E-state index in [0.717, 1.165) is 0 Å². The Balaban J connectivity index is 2.23. The zero-order chi connectivity index (χ0) is 18.8. The maximum atomic E-state index is 12.7. The minimum Gasteiger partial charge on any atom is -0.375 e. The zero-order valence-electron chi connectivity index (χ0n) is 13.1. The van der Waals surface area contributed by atoms with Gasteiger partial charge in [0.1, 0.15) is 0 Å².